The van der Waals surface area contributed by atoms with E-state index in [0.29, 0.717) is 18.5 Å². The molecule has 1 fully saturated rings. The normalized spacial score (nSPS) is 25.7. The van der Waals surface area contributed by atoms with Crippen LogP contribution in [0, 0.1) is 6.92 Å². The van der Waals surface area contributed by atoms with Gasteiger partial charge in [0.25, 0.3) is 0 Å². The molecule has 2 N–H and O–H groups in total. The van der Waals surface area contributed by atoms with Crippen molar-refractivity contribution in [3.8, 4) is 0 Å². The van der Waals surface area contributed by atoms with Crippen LogP contribution in [0.3, 0.4) is 0 Å². The molecule has 1 unspecified atom stereocenters. The number of aliphatic hydroxyl groups is 1. The van der Waals surface area contributed by atoms with Crippen LogP contribution in [0.1, 0.15) is 36.8 Å². The summed E-state index contributed by atoms with van der Waals surface area (Å²) in [5.41, 5.74) is 2.22. The van der Waals surface area contributed by atoms with E-state index in [1.165, 1.54) is 24.0 Å². The summed E-state index contributed by atoms with van der Waals surface area (Å²) in [5, 5.41) is 13.6. The fourth-order valence-electron chi connectivity index (χ4n) is 2.71. The van der Waals surface area contributed by atoms with Gasteiger partial charge in [-0.2, -0.15) is 11.8 Å². The largest absolute Gasteiger partial charge is 0.388 e. The molecule has 0 heterocycles. The monoisotopic (exact) mass is 279 g/mol. The highest BCUT2D eigenvalue weighted by atomic mass is 32.2. The Labute approximate surface area is 121 Å². The first-order valence-corrected chi connectivity index (χ1v) is 8.41. The van der Waals surface area contributed by atoms with Gasteiger partial charge in [-0.1, -0.05) is 29.8 Å². The lowest BCUT2D eigenvalue weighted by Gasteiger charge is -2.38. The summed E-state index contributed by atoms with van der Waals surface area (Å²) in [4.78, 5) is 0. The lowest BCUT2D eigenvalue weighted by molar-refractivity contribution is 0.0756. The lowest BCUT2D eigenvalue weighted by atomic mass is 9.75. The molecule has 1 aromatic rings. The Kier molecular flexibility index (Phi) is 4.93. The fraction of sp³-hybridized carbons (Fsp3) is 0.625. The number of nitrogens with one attached hydrogen (secondary N) is 1. The third kappa shape index (κ3) is 4.23. The van der Waals surface area contributed by atoms with Crippen LogP contribution in [0.25, 0.3) is 0 Å². The minimum atomic E-state index is -0.589. The number of aryl methyl sites for hydroxylation is 1. The van der Waals surface area contributed by atoms with Gasteiger partial charge >= 0.3 is 0 Å². The predicted molar refractivity (Wildman–Crippen MR) is 84.0 cm³/mol. The minimum absolute atomic E-state index is 0.568. The van der Waals surface area contributed by atoms with Crippen LogP contribution in [0.5, 0.6) is 0 Å². The first kappa shape index (κ1) is 14.9. The molecule has 1 saturated carbocycles. The van der Waals surface area contributed by atoms with Crippen LogP contribution in [0.2, 0.25) is 0 Å². The molecule has 0 radical (unpaired) electrons. The van der Waals surface area contributed by atoms with Gasteiger partial charge in [-0.05, 0) is 44.4 Å². The molecule has 0 spiro atoms. The molecule has 106 valence electrons. The molecule has 19 heavy (non-hydrogen) atoms. The van der Waals surface area contributed by atoms with E-state index in [1.807, 2.05) is 13.2 Å². The van der Waals surface area contributed by atoms with E-state index in [-0.39, 0.29) is 0 Å². The Hall–Kier alpha value is -0.510. The molecule has 1 aliphatic rings. The van der Waals surface area contributed by atoms with Gasteiger partial charge in [0.15, 0.2) is 0 Å². The summed E-state index contributed by atoms with van der Waals surface area (Å²) >= 11 is 1.69. The predicted octanol–water partition coefficient (Wildman–Crippen LogP) is 2.94. The van der Waals surface area contributed by atoms with Crippen LogP contribution in [-0.4, -0.2) is 35.3 Å². The van der Waals surface area contributed by atoms with Crippen LogP contribution >= 0.6 is 11.8 Å². The summed E-state index contributed by atoms with van der Waals surface area (Å²) in [7, 11) is 0. The average molecular weight is 279 g/mol. The Balaban J connectivity index is 1.75. The van der Waals surface area contributed by atoms with Gasteiger partial charge in [-0.25, -0.2) is 0 Å². The van der Waals surface area contributed by atoms with Crippen LogP contribution in [0.4, 0.5) is 0 Å². The number of hydrogen-bond acceptors (Lipinski definition) is 3. The Bertz CT molecular complexity index is 413. The van der Waals surface area contributed by atoms with Gasteiger partial charge in [0.2, 0.25) is 0 Å². The molecule has 0 bridgehead atoms. The molecule has 0 amide bonds. The Morgan fingerprint density at radius 2 is 2.16 bits per heavy atom. The number of hydrogen-bond donors (Lipinski definition) is 2. The van der Waals surface area contributed by atoms with Crippen molar-refractivity contribution in [2.45, 2.75) is 44.2 Å². The van der Waals surface area contributed by atoms with Crippen molar-refractivity contribution in [2.24, 2.45) is 0 Å². The van der Waals surface area contributed by atoms with Gasteiger partial charge < -0.3 is 10.4 Å². The van der Waals surface area contributed by atoms with Crippen LogP contribution in [-0.2, 0) is 0 Å². The van der Waals surface area contributed by atoms with Gasteiger partial charge in [-0.15, -0.1) is 0 Å². The lowest BCUT2D eigenvalue weighted by Crippen LogP contribution is -2.48. The van der Waals surface area contributed by atoms with Crippen molar-refractivity contribution in [3.63, 3.8) is 0 Å². The molecule has 2 rings (SSSR count). The van der Waals surface area contributed by atoms with Gasteiger partial charge in [-0.3, -0.25) is 0 Å². The molecule has 1 aliphatic carbocycles. The first-order valence-electron chi connectivity index (χ1n) is 7.01. The molecule has 0 saturated heterocycles. The van der Waals surface area contributed by atoms with E-state index < -0.39 is 5.60 Å². The zero-order valence-corrected chi connectivity index (χ0v) is 13.0. The maximum Gasteiger partial charge on any atom is 0.0833 e. The van der Waals surface area contributed by atoms with E-state index in [9.17, 15) is 5.11 Å². The maximum atomic E-state index is 10.1. The van der Waals surface area contributed by atoms with E-state index in [4.69, 9.17) is 0 Å². The number of thioether (sulfide) groups is 1. The van der Waals surface area contributed by atoms with Crippen molar-refractivity contribution >= 4 is 11.8 Å². The topological polar surface area (TPSA) is 32.3 Å². The van der Waals surface area contributed by atoms with Crippen molar-refractivity contribution < 1.29 is 5.11 Å². The standard InChI is InChI=1S/C16H25NOS/c1-12-5-4-6-13(7-12)14-8-15(9-14)17-10-16(2,18)11-19-3/h4-7,14-15,17-18H,8-11H2,1-3H3. The van der Waals surface area contributed by atoms with Gasteiger partial charge in [0.1, 0.15) is 0 Å². The van der Waals surface area contributed by atoms with Crippen LogP contribution < -0.4 is 5.32 Å². The highest BCUT2D eigenvalue weighted by molar-refractivity contribution is 7.98. The maximum absolute atomic E-state index is 10.1. The second-order valence-corrected chi connectivity index (χ2v) is 6.96. The fourth-order valence-corrected chi connectivity index (χ4v) is 3.43. The number of rotatable bonds is 6. The molecule has 2 nitrogen and oxygen atoms in total. The average Bonchev–Trinajstić information content (AvgIpc) is 2.26. The van der Waals surface area contributed by atoms with Crippen LogP contribution in [0.15, 0.2) is 24.3 Å². The van der Waals surface area contributed by atoms with Gasteiger partial charge in [0.05, 0.1) is 5.60 Å². The molecular weight excluding hydrogens is 254 g/mol. The van der Waals surface area contributed by atoms with Crippen molar-refractivity contribution in [2.75, 3.05) is 18.6 Å². The molecule has 0 aromatic heterocycles. The second kappa shape index (κ2) is 6.29. The molecule has 1 aromatic carbocycles. The van der Waals surface area contributed by atoms with E-state index in [2.05, 4.69) is 36.5 Å². The zero-order chi connectivity index (χ0) is 13.9. The summed E-state index contributed by atoms with van der Waals surface area (Å²) in [6.07, 6.45) is 4.42. The van der Waals surface area contributed by atoms with Crippen molar-refractivity contribution in [1.82, 2.24) is 5.32 Å². The smallest absolute Gasteiger partial charge is 0.0833 e. The summed E-state index contributed by atoms with van der Waals surface area (Å²) in [5.74, 6) is 1.48. The highest BCUT2D eigenvalue weighted by Gasteiger charge is 2.31. The number of benzene rings is 1. The van der Waals surface area contributed by atoms with E-state index in [0.717, 1.165) is 5.75 Å². The summed E-state index contributed by atoms with van der Waals surface area (Å²) in [6.45, 7) is 4.75. The zero-order valence-electron chi connectivity index (χ0n) is 12.1. The summed E-state index contributed by atoms with van der Waals surface area (Å²) < 4.78 is 0. The Morgan fingerprint density at radius 1 is 1.42 bits per heavy atom. The van der Waals surface area contributed by atoms with Crippen molar-refractivity contribution in [3.05, 3.63) is 35.4 Å². The second-order valence-electron chi connectivity index (χ2n) is 6.09. The summed E-state index contributed by atoms with van der Waals surface area (Å²) in [6, 6.07) is 9.40. The third-order valence-corrected chi connectivity index (χ3v) is 4.79. The van der Waals surface area contributed by atoms with Gasteiger partial charge in [0, 0.05) is 18.3 Å². The SMILES string of the molecule is CSCC(C)(O)CNC1CC(c2cccc(C)c2)C1. The van der Waals surface area contributed by atoms with Crippen molar-refractivity contribution in [1.29, 1.82) is 0 Å². The Morgan fingerprint density at radius 3 is 2.79 bits per heavy atom. The van der Waals surface area contributed by atoms with E-state index in [1.54, 1.807) is 11.8 Å². The molecule has 1 atom stereocenters. The molecular formula is C16H25NOS. The third-order valence-electron chi connectivity index (χ3n) is 3.88. The molecule has 0 aliphatic heterocycles. The highest BCUT2D eigenvalue weighted by Crippen LogP contribution is 2.37. The first-order chi connectivity index (χ1) is 9.00. The van der Waals surface area contributed by atoms with E-state index >= 15 is 0 Å². The molecule has 3 heteroatoms. The minimum Gasteiger partial charge on any atom is -0.388 e. The quantitative estimate of drug-likeness (QED) is 0.840.